The predicted molar refractivity (Wildman–Crippen MR) is 62.2 cm³/mol. The van der Waals surface area contributed by atoms with Crippen LogP contribution in [0.15, 0.2) is 10.1 Å². The van der Waals surface area contributed by atoms with Crippen molar-refractivity contribution >= 4 is 27.3 Å². The number of nitrogens with zero attached hydrogens (tertiary/aromatic N) is 2. The molecule has 1 aromatic rings. The lowest BCUT2D eigenvalue weighted by molar-refractivity contribution is 0.456. The molecule has 0 spiro atoms. The molecule has 1 heterocycles. The van der Waals surface area contributed by atoms with E-state index in [1.165, 1.54) is 4.88 Å². The second-order valence-electron chi connectivity index (χ2n) is 3.37. The van der Waals surface area contributed by atoms with E-state index < -0.39 is 0 Å². The molecule has 0 fully saturated rings. The van der Waals surface area contributed by atoms with Gasteiger partial charge in [-0.25, -0.2) is 4.98 Å². The lowest BCUT2D eigenvalue weighted by Gasteiger charge is -2.17. The fraction of sp³-hybridized carbons (Fsp3) is 0.600. The van der Waals surface area contributed by atoms with Gasteiger partial charge in [0.2, 0.25) is 0 Å². The van der Waals surface area contributed by atoms with Gasteiger partial charge in [0.15, 0.2) is 3.92 Å². The number of hydrogen-bond donors (Lipinski definition) is 0. The lowest BCUT2D eigenvalue weighted by Crippen LogP contribution is -2.06. The van der Waals surface area contributed by atoms with Crippen molar-refractivity contribution in [3.8, 4) is 6.07 Å². The molecule has 0 saturated heterocycles. The molecule has 1 aromatic heterocycles. The molecule has 1 rings (SSSR count). The molecule has 0 bridgehead atoms. The summed E-state index contributed by atoms with van der Waals surface area (Å²) in [5.74, 6) is 0.885. The van der Waals surface area contributed by atoms with Gasteiger partial charge in [0.1, 0.15) is 0 Å². The zero-order chi connectivity index (χ0) is 10.6. The molecule has 0 aliphatic heterocycles. The number of aromatic nitrogens is 1. The van der Waals surface area contributed by atoms with E-state index in [0.717, 1.165) is 10.3 Å². The molecule has 0 radical (unpaired) electrons. The predicted octanol–water partition coefficient (Wildman–Crippen LogP) is 3.95. The first-order valence-corrected chi connectivity index (χ1v) is 6.28. The Morgan fingerprint density at radius 2 is 2.43 bits per heavy atom. The van der Waals surface area contributed by atoms with Crippen LogP contribution in [0.1, 0.15) is 37.5 Å². The highest BCUT2D eigenvalue weighted by molar-refractivity contribution is 9.11. The molecule has 4 heteroatoms. The molecule has 2 unspecified atom stereocenters. The third kappa shape index (κ3) is 2.79. The normalized spacial score (nSPS) is 14.7. The standard InChI is InChI=1S/C10H13BrN2S/c1-3-7(2)8(4-5-12)9-6-13-10(11)14-9/h6-8H,3-4H2,1-2H3. The van der Waals surface area contributed by atoms with Crippen LogP contribution in [0.5, 0.6) is 0 Å². The third-order valence-electron chi connectivity index (χ3n) is 2.50. The number of hydrogen-bond acceptors (Lipinski definition) is 3. The van der Waals surface area contributed by atoms with Crippen molar-refractivity contribution in [2.24, 2.45) is 5.92 Å². The molecule has 76 valence electrons. The number of halogens is 1. The van der Waals surface area contributed by atoms with E-state index in [1.807, 2.05) is 6.20 Å². The number of nitriles is 1. The van der Waals surface area contributed by atoms with Crippen molar-refractivity contribution < 1.29 is 0 Å². The summed E-state index contributed by atoms with van der Waals surface area (Å²) in [5, 5.41) is 8.77. The quantitative estimate of drug-likeness (QED) is 0.832. The Morgan fingerprint density at radius 1 is 1.71 bits per heavy atom. The Labute approximate surface area is 97.1 Å². The maximum Gasteiger partial charge on any atom is 0.159 e. The fourth-order valence-corrected chi connectivity index (χ4v) is 2.94. The van der Waals surface area contributed by atoms with Gasteiger partial charge in [0, 0.05) is 23.4 Å². The van der Waals surface area contributed by atoms with Gasteiger partial charge in [-0.05, 0) is 21.8 Å². The largest absolute Gasteiger partial charge is 0.237 e. The Kier molecular flexibility index (Phi) is 4.56. The lowest BCUT2D eigenvalue weighted by atomic mass is 9.88. The van der Waals surface area contributed by atoms with Crippen molar-refractivity contribution in [1.29, 1.82) is 5.26 Å². The van der Waals surface area contributed by atoms with Crippen LogP contribution in [-0.2, 0) is 0 Å². The number of rotatable bonds is 4. The van der Waals surface area contributed by atoms with E-state index in [9.17, 15) is 0 Å². The average Bonchev–Trinajstić information content (AvgIpc) is 2.60. The van der Waals surface area contributed by atoms with Gasteiger partial charge in [0.25, 0.3) is 0 Å². The molecule has 0 aliphatic rings. The van der Waals surface area contributed by atoms with Crippen LogP contribution in [0.2, 0.25) is 0 Å². The monoisotopic (exact) mass is 272 g/mol. The van der Waals surface area contributed by atoms with E-state index in [4.69, 9.17) is 5.26 Å². The molecule has 14 heavy (non-hydrogen) atoms. The summed E-state index contributed by atoms with van der Waals surface area (Å²) >= 11 is 4.98. The van der Waals surface area contributed by atoms with Gasteiger partial charge in [-0.2, -0.15) is 5.26 Å². The van der Waals surface area contributed by atoms with Crippen molar-refractivity contribution in [3.63, 3.8) is 0 Å². The maximum atomic E-state index is 8.77. The highest BCUT2D eigenvalue weighted by atomic mass is 79.9. The van der Waals surface area contributed by atoms with Crippen molar-refractivity contribution in [3.05, 3.63) is 15.0 Å². The van der Waals surface area contributed by atoms with Crippen molar-refractivity contribution in [1.82, 2.24) is 4.98 Å². The van der Waals surface area contributed by atoms with Gasteiger partial charge in [-0.15, -0.1) is 11.3 Å². The fourth-order valence-electron chi connectivity index (χ4n) is 1.40. The molecule has 2 nitrogen and oxygen atoms in total. The van der Waals surface area contributed by atoms with Gasteiger partial charge < -0.3 is 0 Å². The second-order valence-corrected chi connectivity index (χ2v) is 5.71. The maximum absolute atomic E-state index is 8.77. The molecular formula is C10H13BrN2S. The van der Waals surface area contributed by atoms with Crippen LogP contribution in [0, 0.1) is 17.2 Å². The van der Waals surface area contributed by atoms with E-state index >= 15 is 0 Å². The van der Waals surface area contributed by atoms with Gasteiger partial charge in [-0.1, -0.05) is 20.3 Å². The van der Waals surface area contributed by atoms with E-state index in [-0.39, 0.29) is 0 Å². The minimum atomic E-state index is 0.341. The van der Waals surface area contributed by atoms with Crippen LogP contribution in [0.25, 0.3) is 0 Å². The summed E-state index contributed by atoms with van der Waals surface area (Å²) in [7, 11) is 0. The van der Waals surface area contributed by atoms with Crippen LogP contribution in [0.4, 0.5) is 0 Å². The summed E-state index contributed by atoms with van der Waals surface area (Å²) in [6, 6.07) is 2.25. The molecule has 0 aliphatic carbocycles. The van der Waals surface area contributed by atoms with E-state index in [2.05, 4.69) is 40.8 Å². The van der Waals surface area contributed by atoms with Crippen LogP contribution in [-0.4, -0.2) is 4.98 Å². The Bertz CT molecular complexity index is 329. The molecule has 0 amide bonds. The Morgan fingerprint density at radius 3 is 2.86 bits per heavy atom. The summed E-state index contributed by atoms with van der Waals surface area (Å²) in [6.45, 7) is 4.35. The first-order valence-electron chi connectivity index (χ1n) is 4.67. The smallest absolute Gasteiger partial charge is 0.159 e. The Balaban J connectivity index is 2.83. The second kappa shape index (κ2) is 5.47. The van der Waals surface area contributed by atoms with E-state index in [0.29, 0.717) is 18.3 Å². The van der Waals surface area contributed by atoms with Gasteiger partial charge in [0.05, 0.1) is 6.07 Å². The summed E-state index contributed by atoms with van der Waals surface area (Å²) < 4.78 is 0.902. The highest BCUT2D eigenvalue weighted by Crippen LogP contribution is 2.34. The first-order chi connectivity index (χ1) is 6.69. The average molecular weight is 273 g/mol. The van der Waals surface area contributed by atoms with Crippen LogP contribution < -0.4 is 0 Å². The van der Waals surface area contributed by atoms with E-state index in [1.54, 1.807) is 11.3 Å². The van der Waals surface area contributed by atoms with Crippen LogP contribution >= 0.6 is 27.3 Å². The van der Waals surface area contributed by atoms with Crippen molar-refractivity contribution in [2.45, 2.75) is 32.6 Å². The zero-order valence-electron chi connectivity index (χ0n) is 8.33. The number of thiazole rings is 1. The molecule has 0 saturated carbocycles. The molecular weight excluding hydrogens is 260 g/mol. The topological polar surface area (TPSA) is 36.7 Å². The zero-order valence-corrected chi connectivity index (χ0v) is 10.7. The minimum Gasteiger partial charge on any atom is -0.237 e. The van der Waals surface area contributed by atoms with Crippen LogP contribution in [0.3, 0.4) is 0 Å². The summed E-state index contributed by atoms with van der Waals surface area (Å²) in [4.78, 5) is 5.38. The van der Waals surface area contributed by atoms with Crippen molar-refractivity contribution in [2.75, 3.05) is 0 Å². The molecule has 0 N–H and O–H groups in total. The summed E-state index contributed by atoms with van der Waals surface area (Å²) in [6.07, 6.45) is 3.56. The SMILES string of the molecule is CCC(C)C(CC#N)c1cnc(Br)s1. The molecule has 0 aromatic carbocycles. The molecule has 2 atom stereocenters. The Hall–Kier alpha value is -0.400. The minimum absolute atomic E-state index is 0.341. The van der Waals surface area contributed by atoms with Gasteiger partial charge in [-0.3, -0.25) is 0 Å². The first kappa shape index (κ1) is 11.7. The highest BCUT2D eigenvalue weighted by Gasteiger charge is 2.19. The van der Waals surface area contributed by atoms with Gasteiger partial charge >= 0.3 is 0 Å². The third-order valence-corrected chi connectivity index (χ3v) is 4.11. The summed E-state index contributed by atoms with van der Waals surface area (Å²) in [5.41, 5.74) is 0.